The molecule has 0 aromatic carbocycles. The van der Waals surface area contributed by atoms with Gasteiger partial charge in [0.15, 0.2) is 0 Å². The van der Waals surface area contributed by atoms with E-state index in [0.717, 1.165) is 11.3 Å². The van der Waals surface area contributed by atoms with E-state index in [1.165, 1.54) is 0 Å². The second kappa shape index (κ2) is 4.70. The fraction of sp³-hybridized carbons (Fsp3) is 0.429. The number of thiophene rings is 1. The SMILES string of the molecule is FC(F)(F)CNCc1cc(Cl)sc1Cl. The summed E-state index contributed by atoms with van der Waals surface area (Å²) in [4.78, 5) is 0. The van der Waals surface area contributed by atoms with Crippen molar-refractivity contribution in [2.75, 3.05) is 6.54 Å². The van der Waals surface area contributed by atoms with Gasteiger partial charge >= 0.3 is 6.18 Å². The highest BCUT2D eigenvalue weighted by molar-refractivity contribution is 7.20. The van der Waals surface area contributed by atoms with Gasteiger partial charge in [-0.3, -0.25) is 0 Å². The standard InChI is InChI=1S/C7H6Cl2F3NS/c8-5-1-4(6(9)14-5)2-13-3-7(10,11)12/h1,13H,2-3H2. The predicted molar refractivity (Wildman–Crippen MR) is 52.1 cm³/mol. The van der Waals surface area contributed by atoms with Crippen molar-refractivity contribution in [2.24, 2.45) is 0 Å². The molecule has 1 aromatic rings. The summed E-state index contributed by atoms with van der Waals surface area (Å²) in [6.07, 6.45) is -4.20. The highest BCUT2D eigenvalue weighted by Gasteiger charge is 2.26. The molecule has 14 heavy (non-hydrogen) atoms. The van der Waals surface area contributed by atoms with Crippen molar-refractivity contribution in [2.45, 2.75) is 12.7 Å². The van der Waals surface area contributed by atoms with E-state index in [9.17, 15) is 13.2 Å². The lowest BCUT2D eigenvalue weighted by molar-refractivity contribution is -0.125. The molecule has 1 nitrogen and oxygen atoms in total. The maximum atomic E-state index is 11.7. The maximum Gasteiger partial charge on any atom is 0.401 e. The van der Waals surface area contributed by atoms with E-state index in [4.69, 9.17) is 23.2 Å². The molecule has 1 heterocycles. The van der Waals surface area contributed by atoms with Crippen molar-refractivity contribution in [1.29, 1.82) is 0 Å². The van der Waals surface area contributed by atoms with Crippen molar-refractivity contribution < 1.29 is 13.2 Å². The monoisotopic (exact) mass is 263 g/mol. The van der Waals surface area contributed by atoms with Crippen LogP contribution in [-0.2, 0) is 6.54 Å². The Morgan fingerprint density at radius 3 is 2.43 bits per heavy atom. The first kappa shape index (κ1) is 12.1. The van der Waals surface area contributed by atoms with Gasteiger partial charge in [-0.1, -0.05) is 23.2 Å². The molecule has 1 N–H and O–H groups in total. The highest BCUT2D eigenvalue weighted by atomic mass is 35.5. The van der Waals surface area contributed by atoms with Crippen LogP contribution in [0.1, 0.15) is 5.56 Å². The zero-order chi connectivity index (χ0) is 10.8. The van der Waals surface area contributed by atoms with E-state index in [1.54, 1.807) is 6.07 Å². The van der Waals surface area contributed by atoms with Crippen LogP contribution in [0.25, 0.3) is 0 Å². The molecule has 0 aliphatic rings. The second-order valence-corrected chi connectivity index (χ2v) is 4.85. The van der Waals surface area contributed by atoms with E-state index < -0.39 is 12.7 Å². The number of halogens is 5. The van der Waals surface area contributed by atoms with Gasteiger partial charge in [0.25, 0.3) is 0 Å². The van der Waals surface area contributed by atoms with E-state index in [-0.39, 0.29) is 6.54 Å². The quantitative estimate of drug-likeness (QED) is 0.877. The van der Waals surface area contributed by atoms with Gasteiger partial charge in [-0.15, -0.1) is 11.3 Å². The average Bonchev–Trinajstić information content (AvgIpc) is 2.27. The first-order valence-corrected chi connectivity index (χ1v) is 5.17. The summed E-state index contributed by atoms with van der Waals surface area (Å²) >= 11 is 12.5. The molecule has 0 atom stereocenters. The van der Waals surface area contributed by atoms with Crippen molar-refractivity contribution >= 4 is 34.5 Å². The van der Waals surface area contributed by atoms with Crippen molar-refractivity contribution in [1.82, 2.24) is 5.32 Å². The molecule has 0 aliphatic carbocycles. The third-order valence-electron chi connectivity index (χ3n) is 1.37. The smallest absolute Gasteiger partial charge is 0.304 e. The third kappa shape index (κ3) is 4.04. The minimum atomic E-state index is -4.20. The fourth-order valence-electron chi connectivity index (χ4n) is 0.834. The van der Waals surface area contributed by atoms with Crippen LogP contribution in [-0.4, -0.2) is 12.7 Å². The number of hydrogen-bond acceptors (Lipinski definition) is 2. The summed E-state index contributed by atoms with van der Waals surface area (Å²) < 4.78 is 36.1. The van der Waals surface area contributed by atoms with Crippen LogP contribution in [0.5, 0.6) is 0 Å². The third-order valence-corrected chi connectivity index (χ3v) is 2.94. The zero-order valence-electron chi connectivity index (χ0n) is 6.79. The number of hydrogen-bond donors (Lipinski definition) is 1. The lowest BCUT2D eigenvalue weighted by atomic mass is 10.3. The van der Waals surface area contributed by atoms with Crippen LogP contribution < -0.4 is 5.32 Å². The Hall–Kier alpha value is 0.0300. The molecule has 0 unspecified atom stereocenters. The topological polar surface area (TPSA) is 12.0 Å². The molecular formula is C7H6Cl2F3NS. The fourth-order valence-corrected chi connectivity index (χ4v) is 2.32. The Balaban J connectivity index is 2.42. The van der Waals surface area contributed by atoms with Gasteiger partial charge in [0.2, 0.25) is 0 Å². The van der Waals surface area contributed by atoms with E-state index in [1.807, 2.05) is 0 Å². The van der Waals surface area contributed by atoms with Crippen molar-refractivity contribution in [3.05, 3.63) is 20.3 Å². The second-order valence-electron chi connectivity index (χ2n) is 2.57. The van der Waals surface area contributed by atoms with E-state index in [0.29, 0.717) is 14.2 Å². The summed E-state index contributed by atoms with van der Waals surface area (Å²) in [7, 11) is 0. The lowest BCUT2D eigenvalue weighted by Crippen LogP contribution is -2.28. The average molecular weight is 264 g/mol. The molecule has 0 radical (unpaired) electrons. The number of nitrogens with one attached hydrogen (secondary N) is 1. The summed E-state index contributed by atoms with van der Waals surface area (Å²) in [5, 5.41) is 2.23. The van der Waals surface area contributed by atoms with Gasteiger partial charge in [0.1, 0.15) is 0 Å². The van der Waals surface area contributed by atoms with Crippen LogP contribution in [0.4, 0.5) is 13.2 Å². The Morgan fingerprint density at radius 2 is 2.00 bits per heavy atom. The van der Waals surface area contributed by atoms with Crippen LogP contribution in [0.15, 0.2) is 6.07 Å². The van der Waals surface area contributed by atoms with Gasteiger partial charge in [-0.25, -0.2) is 0 Å². The maximum absolute atomic E-state index is 11.7. The first-order valence-electron chi connectivity index (χ1n) is 3.59. The van der Waals surface area contributed by atoms with Gasteiger partial charge in [-0.2, -0.15) is 13.2 Å². The van der Waals surface area contributed by atoms with Crippen LogP contribution in [0, 0.1) is 0 Å². The van der Waals surface area contributed by atoms with Gasteiger partial charge < -0.3 is 5.32 Å². The minimum absolute atomic E-state index is 0.0710. The van der Waals surface area contributed by atoms with E-state index >= 15 is 0 Å². The molecular weight excluding hydrogens is 258 g/mol. The lowest BCUT2D eigenvalue weighted by Gasteiger charge is -2.06. The largest absolute Gasteiger partial charge is 0.401 e. The molecule has 0 amide bonds. The van der Waals surface area contributed by atoms with Gasteiger partial charge in [0, 0.05) is 6.54 Å². The molecule has 80 valence electrons. The Bertz CT molecular complexity index is 310. The summed E-state index contributed by atoms with van der Waals surface area (Å²) in [6, 6.07) is 1.55. The Kier molecular flexibility index (Phi) is 4.06. The normalized spacial score (nSPS) is 12.1. The Morgan fingerprint density at radius 1 is 1.36 bits per heavy atom. The van der Waals surface area contributed by atoms with Gasteiger partial charge in [0.05, 0.1) is 15.2 Å². The molecule has 7 heteroatoms. The van der Waals surface area contributed by atoms with Gasteiger partial charge in [-0.05, 0) is 11.6 Å². The summed E-state index contributed by atoms with van der Waals surface area (Å²) in [5.41, 5.74) is 0.589. The molecule has 0 bridgehead atoms. The molecule has 1 aromatic heterocycles. The van der Waals surface area contributed by atoms with E-state index in [2.05, 4.69) is 5.32 Å². The molecule has 0 fully saturated rings. The predicted octanol–water partition coefficient (Wildman–Crippen LogP) is 3.71. The minimum Gasteiger partial charge on any atom is -0.304 e. The summed E-state index contributed by atoms with van der Waals surface area (Å²) in [6.45, 7) is -0.960. The number of alkyl halides is 3. The highest BCUT2D eigenvalue weighted by Crippen LogP contribution is 2.31. The van der Waals surface area contributed by atoms with Crippen LogP contribution in [0.3, 0.4) is 0 Å². The number of rotatable bonds is 3. The first-order chi connectivity index (χ1) is 6.38. The van der Waals surface area contributed by atoms with Crippen LogP contribution in [0.2, 0.25) is 8.67 Å². The molecule has 0 saturated carbocycles. The molecule has 0 aliphatic heterocycles. The van der Waals surface area contributed by atoms with Crippen molar-refractivity contribution in [3.8, 4) is 0 Å². The molecule has 0 spiro atoms. The van der Waals surface area contributed by atoms with Crippen LogP contribution >= 0.6 is 34.5 Å². The Labute approximate surface area is 92.8 Å². The zero-order valence-corrected chi connectivity index (χ0v) is 9.12. The summed E-state index contributed by atoms with van der Waals surface area (Å²) in [5.74, 6) is 0. The van der Waals surface area contributed by atoms with Crippen molar-refractivity contribution in [3.63, 3.8) is 0 Å². The molecule has 0 saturated heterocycles. The molecule has 1 rings (SSSR count).